The predicted molar refractivity (Wildman–Crippen MR) is 83.7 cm³/mol. The molecule has 0 saturated carbocycles. The summed E-state index contributed by atoms with van der Waals surface area (Å²) in [5, 5.41) is 3.64. The van der Waals surface area contributed by atoms with E-state index in [1.807, 2.05) is 6.07 Å². The quantitative estimate of drug-likeness (QED) is 0.907. The molecule has 0 radical (unpaired) electrons. The number of rotatable bonds is 5. The lowest BCUT2D eigenvalue weighted by molar-refractivity contribution is 0.174. The molecule has 0 fully saturated rings. The Labute approximate surface area is 125 Å². The van der Waals surface area contributed by atoms with Crippen molar-refractivity contribution in [1.82, 2.24) is 5.32 Å². The highest BCUT2D eigenvalue weighted by Crippen LogP contribution is 2.34. The van der Waals surface area contributed by atoms with Gasteiger partial charge in [-0.15, -0.1) is 0 Å². The first-order chi connectivity index (χ1) is 10.2. The van der Waals surface area contributed by atoms with E-state index in [0.717, 1.165) is 17.9 Å². The molecule has 3 heteroatoms. The predicted octanol–water partition coefficient (Wildman–Crippen LogP) is 3.70. The van der Waals surface area contributed by atoms with Crippen molar-refractivity contribution >= 4 is 0 Å². The van der Waals surface area contributed by atoms with E-state index in [2.05, 4.69) is 61.6 Å². The monoisotopic (exact) mass is 283 g/mol. The average molecular weight is 283 g/mol. The summed E-state index contributed by atoms with van der Waals surface area (Å²) in [7, 11) is 0. The number of hydrogen-bond donors (Lipinski definition) is 1. The van der Waals surface area contributed by atoms with Crippen molar-refractivity contribution < 1.29 is 9.47 Å². The van der Waals surface area contributed by atoms with Gasteiger partial charge in [0.05, 0.1) is 0 Å². The van der Waals surface area contributed by atoms with Crippen LogP contribution in [0.15, 0.2) is 48.5 Å². The zero-order chi connectivity index (χ0) is 14.7. The SMILES string of the molecule is CC(Cc1ccccc1)NC(C)c1ccc2c(c1)OCO2. The lowest BCUT2D eigenvalue weighted by Crippen LogP contribution is -2.30. The molecule has 1 N–H and O–H groups in total. The Morgan fingerprint density at radius 1 is 1.00 bits per heavy atom. The first-order valence-corrected chi connectivity index (χ1v) is 7.42. The van der Waals surface area contributed by atoms with Crippen molar-refractivity contribution in [2.24, 2.45) is 0 Å². The molecule has 2 aromatic carbocycles. The maximum Gasteiger partial charge on any atom is 0.231 e. The van der Waals surface area contributed by atoms with E-state index in [1.165, 1.54) is 11.1 Å². The van der Waals surface area contributed by atoms with Gasteiger partial charge in [-0.1, -0.05) is 36.4 Å². The average Bonchev–Trinajstić information content (AvgIpc) is 2.95. The number of hydrogen-bond acceptors (Lipinski definition) is 3. The van der Waals surface area contributed by atoms with Crippen molar-refractivity contribution in [3.8, 4) is 11.5 Å². The van der Waals surface area contributed by atoms with Gasteiger partial charge >= 0.3 is 0 Å². The van der Waals surface area contributed by atoms with Crippen LogP contribution in [0.5, 0.6) is 11.5 Å². The third-order valence-electron chi connectivity index (χ3n) is 3.82. The summed E-state index contributed by atoms with van der Waals surface area (Å²) in [6, 6.07) is 17.4. The second kappa shape index (κ2) is 6.19. The molecule has 3 nitrogen and oxygen atoms in total. The molecule has 21 heavy (non-hydrogen) atoms. The summed E-state index contributed by atoms with van der Waals surface area (Å²) < 4.78 is 10.8. The lowest BCUT2D eigenvalue weighted by atomic mass is 10.0. The zero-order valence-electron chi connectivity index (χ0n) is 12.5. The van der Waals surface area contributed by atoms with E-state index in [1.54, 1.807) is 0 Å². The Balaban J connectivity index is 1.62. The number of ether oxygens (including phenoxy) is 2. The molecule has 1 aliphatic heterocycles. The fourth-order valence-electron chi connectivity index (χ4n) is 2.73. The Morgan fingerprint density at radius 2 is 1.76 bits per heavy atom. The molecular formula is C18H21NO2. The highest BCUT2D eigenvalue weighted by Gasteiger charge is 2.16. The van der Waals surface area contributed by atoms with Gasteiger partial charge in [-0.2, -0.15) is 0 Å². The van der Waals surface area contributed by atoms with Gasteiger partial charge in [0.2, 0.25) is 6.79 Å². The molecule has 2 unspecified atom stereocenters. The van der Waals surface area contributed by atoms with Crippen molar-refractivity contribution in [3.63, 3.8) is 0 Å². The van der Waals surface area contributed by atoms with Crippen molar-refractivity contribution in [2.45, 2.75) is 32.4 Å². The van der Waals surface area contributed by atoms with Crippen molar-refractivity contribution in [2.75, 3.05) is 6.79 Å². The van der Waals surface area contributed by atoms with Crippen LogP contribution in [-0.4, -0.2) is 12.8 Å². The molecule has 2 aromatic rings. The van der Waals surface area contributed by atoms with Crippen molar-refractivity contribution in [1.29, 1.82) is 0 Å². The second-order valence-corrected chi connectivity index (χ2v) is 5.59. The van der Waals surface area contributed by atoms with Crippen LogP contribution >= 0.6 is 0 Å². The van der Waals surface area contributed by atoms with E-state index in [4.69, 9.17) is 9.47 Å². The largest absolute Gasteiger partial charge is 0.454 e. The van der Waals surface area contributed by atoms with Crippen LogP contribution in [0.4, 0.5) is 0 Å². The zero-order valence-corrected chi connectivity index (χ0v) is 12.5. The molecule has 1 heterocycles. The molecule has 2 atom stereocenters. The summed E-state index contributed by atoms with van der Waals surface area (Å²) >= 11 is 0. The highest BCUT2D eigenvalue weighted by atomic mass is 16.7. The molecule has 0 saturated heterocycles. The summed E-state index contributed by atoms with van der Waals surface area (Å²) in [6.07, 6.45) is 1.02. The van der Waals surface area contributed by atoms with Crippen LogP contribution in [0.3, 0.4) is 0 Å². The Morgan fingerprint density at radius 3 is 2.57 bits per heavy atom. The second-order valence-electron chi connectivity index (χ2n) is 5.59. The Bertz CT molecular complexity index is 597. The highest BCUT2D eigenvalue weighted by molar-refractivity contribution is 5.45. The van der Waals surface area contributed by atoms with E-state index in [9.17, 15) is 0 Å². The summed E-state index contributed by atoms with van der Waals surface area (Å²) in [5.74, 6) is 1.68. The number of benzene rings is 2. The third-order valence-corrected chi connectivity index (χ3v) is 3.82. The Kier molecular flexibility index (Phi) is 4.11. The van der Waals surface area contributed by atoms with E-state index < -0.39 is 0 Å². The fourth-order valence-corrected chi connectivity index (χ4v) is 2.73. The molecule has 0 spiro atoms. The van der Waals surface area contributed by atoms with Gasteiger partial charge in [-0.3, -0.25) is 0 Å². The molecule has 3 rings (SSSR count). The first kappa shape index (κ1) is 14.0. The molecule has 0 aliphatic carbocycles. The van der Waals surface area contributed by atoms with Gasteiger partial charge in [-0.25, -0.2) is 0 Å². The van der Waals surface area contributed by atoms with Crippen LogP contribution in [0, 0.1) is 0 Å². The smallest absolute Gasteiger partial charge is 0.231 e. The number of nitrogens with one attached hydrogen (secondary N) is 1. The fraction of sp³-hybridized carbons (Fsp3) is 0.333. The molecular weight excluding hydrogens is 262 g/mol. The Hall–Kier alpha value is -2.00. The molecule has 0 aromatic heterocycles. The van der Waals surface area contributed by atoms with Gasteiger partial charge in [-0.05, 0) is 43.5 Å². The van der Waals surface area contributed by atoms with E-state index in [-0.39, 0.29) is 6.04 Å². The summed E-state index contributed by atoms with van der Waals surface area (Å²) in [5.41, 5.74) is 2.58. The van der Waals surface area contributed by atoms with Crippen molar-refractivity contribution in [3.05, 3.63) is 59.7 Å². The molecule has 1 aliphatic rings. The lowest BCUT2D eigenvalue weighted by Gasteiger charge is -2.20. The van der Waals surface area contributed by atoms with Gasteiger partial charge in [0, 0.05) is 12.1 Å². The maximum atomic E-state index is 5.44. The van der Waals surface area contributed by atoms with Crippen LogP contribution in [0.1, 0.15) is 31.0 Å². The van der Waals surface area contributed by atoms with Crippen LogP contribution < -0.4 is 14.8 Å². The normalized spacial score (nSPS) is 15.7. The molecule has 0 amide bonds. The van der Waals surface area contributed by atoms with Crippen LogP contribution in [0.2, 0.25) is 0 Å². The minimum atomic E-state index is 0.276. The van der Waals surface area contributed by atoms with E-state index in [0.29, 0.717) is 12.8 Å². The standard InChI is InChI=1S/C18H21NO2/c1-13(10-15-6-4-3-5-7-15)19-14(2)16-8-9-17-18(11-16)21-12-20-17/h3-9,11,13-14,19H,10,12H2,1-2H3. The third kappa shape index (κ3) is 3.37. The minimum absolute atomic E-state index is 0.276. The van der Waals surface area contributed by atoms with Gasteiger partial charge in [0.1, 0.15) is 0 Å². The molecule has 0 bridgehead atoms. The topological polar surface area (TPSA) is 30.5 Å². The summed E-state index contributed by atoms with van der Waals surface area (Å²) in [4.78, 5) is 0. The maximum absolute atomic E-state index is 5.44. The van der Waals surface area contributed by atoms with Crippen LogP contribution in [-0.2, 0) is 6.42 Å². The van der Waals surface area contributed by atoms with E-state index >= 15 is 0 Å². The molecule has 110 valence electrons. The van der Waals surface area contributed by atoms with Gasteiger partial charge in [0.15, 0.2) is 11.5 Å². The first-order valence-electron chi connectivity index (χ1n) is 7.42. The van der Waals surface area contributed by atoms with Crippen LogP contribution in [0.25, 0.3) is 0 Å². The minimum Gasteiger partial charge on any atom is -0.454 e. The number of fused-ring (bicyclic) bond motifs is 1. The van der Waals surface area contributed by atoms with Gasteiger partial charge in [0.25, 0.3) is 0 Å². The summed E-state index contributed by atoms with van der Waals surface area (Å²) in [6.45, 7) is 4.72. The van der Waals surface area contributed by atoms with Gasteiger partial charge < -0.3 is 14.8 Å².